The van der Waals surface area contributed by atoms with Gasteiger partial charge in [0, 0.05) is 0 Å². The van der Waals surface area contributed by atoms with Crippen LogP contribution in [0.15, 0.2) is 53.4 Å². The Morgan fingerprint density at radius 3 is 2.44 bits per heavy atom. The summed E-state index contributed by atoms with van der Waals surface area (Å²) in [5, 5.41) is 0. The fourth-order valence-electron chi connectivity index (χ4n) is 2.71. The Labute approximate surface area is 169 Å². The molecule has 0 radical (unpaired) electrons. The second-order valence-electron chi connectivity index (χ2n) is 5.83. The van der Waals surface area contributed by atoms with Gasteiger partial charge in [-0.1, -0.05) is 60.4 Å². The minimum Gasteiger partial charge on any atom is -0.490 e. The summed E-state index contributed by atoms with van der Waals surface area (Å²) in [4.78, 5) is 15.0. The van der Waals surface area contributed by atoms with Crippen molar-refractivity contribution < 1.29 is 14.3 Å². The summed E-state index contributed by atoms with van der Waals surface area (Å²) in [5.74, 6) is 1.31. The SMILES string of the molecule is CCOc1ccc(/C=C2/SC(=S)N(Cc3ccccc3)C2=O)cc1OCC. The first-order valence-electron chi connectivity index (χ1n) is 8.81. The summed E-state index contributed by atoms with van der Waals surface area (Å²) < 4.78 is 11.8. The molecule has 1 aliphatic rings. The van der Waals surface area contributed by atoms with Crippen molar-refractivity contribution in [2.75, 3.05) is 13.2 Å². The van der Waals surface area contributed by atoms with Crippen LogP contribution in [0.5, 0.6) is 11.5 Å². The van der Waals surface area contributed by atoms with Crippen LogP contribution in [0.3, 0.4) is 0 Å². The fourth-order valence-corrected chi connectivity index (χ4v) is 3.97. The van der Waals surface area contributed by atoms with E-state index in [0.717, 1.165) is 11.1 Å². The Hall–Kier alpha value is -2.31. The van der Waals surface area contributed by atoms with E-state index < -0.39 is 0 Å². The van der Waals surface area contributed by atoms with E-state index in [9.17, 15) is 4.79 Å². The molecule has 140 valence electrons. The van der Waals surface area contributed by atoms with Crippen molar-refractivity contribution in [1.82, 2.24) is 4.90 Å². The summed E-state index contributed by atoms with van der Waals surface area (Å²) in [6.45, 7) is 5.45. The molecule has 0 N–H and O–H groups in total. The van der Waals surface area contributed by atoms with E-state index in [1.165, 1.54) is 11.8 Å². The van der Waals surface area contributed by atoms with Crippen molar-refractivity contribution in [3.63, 3.8) is 0 Å². The van der Waals surface area contributed by atoms with Gasteiger partial charge in [0.15, 0.2) is 11.5 Å². The third-order valence-corrected chi connectivity index (χ3v) is 5.30. The largest absolute Gasteiger partial charge is 0.490 e. The number of amides is 1. The van der Waals surface area contributed by atoms with Gasteiger partial charge in [-0.05, 0) is 43.2 Å². The number of thioether (sulfide) groups is 1. The second kappa shape index (κ2) is 9.06. The number of thiocarbonyl (C=S) groups is 1. The smallest absolute Gasteiger partial charge is 0.266 e. The Balaban J connectivity index is 1.82. The lowest BCUT2D eigenvalue weighted by Crippen LogP contribution is -2.27. The van der Waals surface area contributed by atoms with Crippen LogP contribution in [0.4, 0.5) is 0 Å². The first-order chi connectivity index (χ1) is 13.1. The highest BCUT2D eigenvalue weighted by Gasteiger charge is 2.32. The Kier molecular flexibility index (Phi) is 6.53. The molecule has 0 spiro atoms. The van der Waals surface area contributed by atoms with E-state index >= 15 is 0 Å². The molecule has 1 fully saturated rings. The van der Waals surface area contributed by atoms with Crippen LogP contribution in [0.1, 0.15) is 25.0 Å². The first kappa shape index (κ1) is 19.5. The van der Waals surface area contributed by atoms with Crippen LogP contribution >= 0.6 is 24.0 Å². The monoisotopic (exact) mass is 399 g/mol. The summed E-state index contributed by atoms with van der Waals surface area (Å²) in [5.41, 5.74) is 1.93. The first-order valence-corrected chi connectivity index (χ1v) is 10.0. The van der Waals surface area contributed by atoms with E-state index in [0.29, 0.717) is 40.5 Å². The molecule has 27 heavy (non-hydrogen) atoms. The maximum Gasteiger partial charge on any atom is 0.266 e. The van der Waals surface area contributed by atoms with E-state index in [1.807, 2.05) is 68.5 Å². The van der Waals surface area contributed by atoms with Crippen molar-refractivity contribution in [3.8, 4) is 11.5 Å². The number of carbonyl (C=O) groups excluding carboxylic acids is 1. The minimum absolute atomic E-state index is 0.0688. The highest BCUT2D eigenvalue weighted by atomic mass is 32.2. The van der Waals surface area contributed by atoms with Gasteiger partial charge in [-0.3, -0.25) is 9.69 Å². The molecule has 3 rings (SSSR count). The summed E-state index contributed by atoms with van der Waals surface area (Å²) in [6, 6.07) is 15.5. The van der Waals surface area contributed by atoms with Crippen LogP contribution in [-0.2, 0) is 11.3 Å². The average Bonchev–Trinajstić information content (AvgIpc) is 2.92. The molecule has 2 aromatic carbocycles. The molecule has 0 saturated carbocycles. The molecule has 2 aromatic rings. The van der Waals surface area contributed by atoms with Crippen molar-refractivity contribution in [2.45, 2.75) is 20.4 Å². The molecule has 4 nitrogen and oxygen atoms in total. The Bertz CT molecular complexity index is 865. The predicted octanol–water partition coefficient (Wildman–Crippen LogP) is 4.89. The van der Waals surface area contributed by atoms with Crippen molar-refractivity contribution in [2.24, 2.45) is 0 Å². The van der Waals surface area contributed by atoms with E-state index in [2.05, 4.69) is 0 Å². The zero-order valence-corrected chi connectivity index (χ0v) is 16.9. The highest BCUT2D eigenvalue weighted by Crippen LogP contribution is 2.35. The number of nitrogens with zero attached hydrogens (tertiary/aromatic N) is 1. The summed E-state index contributed by atoms with van der Waals surface area (Å²) >= 11 is 6.74. The molecule has 0 atom stereocenters. The standard InChI is InChI=1S/C21H21NO3S2/c1-3-24-17-11-10-16(12-18(17)25-4-2)13-19-20(23)22(21(26)27-19)14-15-8-6-5-7-9-15/h5-13H,3-4,14H2,1-2H3/b19-13+. The lowest BCUT2D eigenvalue weighted by molar-refractivity contribution is -0.122. The number of hydrogen-bond donors (Lipinski definition) is 0. The molecule has 1 amide bonds. The lowest BCUT2D eigenvalue weighted by Gasteiger charge is -2.14. The normalized spacial score (nSPS) is 15.5. The molecule has 0 bridgehead atoms. The predicted molar refractivity (Wildman–Crippen MR) is 114 cm³/mol. The molecule has 6 heteroatoms. The van der Waals surface area contributed by atoms with Gasteiger partial charge in [0.2, 0.25) is 0 Å². The van der Waals surface area contributed by atoms with Gasteiger partial charge < -0.3 is 9.47 Å². The lowest BCUT2D eigenvalue weighted by atomic mass is 10.1. The third-order valence-electron chi connectivity index (χ3n) is 3.92. The van der Waals surface area contributed by atoms with Crippen molar-refractivity contribution in [3.05, 3.63) is 64.6 Å². The maximum absolute atomic E-state index is 12.8. The molecule has 1 heterocycles. The summed E-state index contributed by atoms with van der Waals surface area (Å²) in [7, 11) is 0. The van der Waals surface area contributed by atoms with Gasteiger partial charge in [-0.15, -0.1) is 0 Å². The molecular weight excluding hydrogens is 378 g/mol. The van der Waals surface area contributed by atoms with Gasteiger partial charge >= 0.3 is 0 Å². The number of rotatable bonds is 7. The van der Waals surface area contributed by atoms with Gasteiger partial charge in [0.1, 0.15) is 4.32 Å². The quantitative estimate of drug-likeness (QED) is 0.490. The Morgan fingerprint density at radius 2 is 1.74 bits per heavy atom. The van der Waals surface area contributed by atoms with Crippen LogP contribution in [0.2, 0.25) is 0 Å². The van der Waals surface area contributed by atoms with Crippen LogP contribution < -0.4 is 9.47 Å². The van der Waals surface area contributed by atoms with Crippen LogP contribution in [0, 0.1) is 0 Å². The van der Waals surface area contributed by atoms with Gasteiger partial charge in [0.25, 0.3) is 5.91 Å². The highest BCUT2D eigenvalue weighted by molar-refractivity contribution is 8.26. The van der Waals surface area contributed by atoms with Gasteiger partial charge in [-0.2, -0.15) is 0 Å². The van der Waals surface area contributed by atoms with Gasteiger partial charge in [-0.25, -0.2) is 0 Å². The number of hydrogen-bond acceptors (Lipinski definition) is 5. The molecule has 0 aromatic heterocycles. The summed E-state index contributed by atoms with van der Waals surface area (Å²) in [6.07, 6.45) is 1.85. The maximum atomic E-state index is 12.8. The number of benzene rings is 2. The number of carbonyl (C=O) groups is 1. The zero-order valence-electron chi connectivity index (χ0n) is 15.3. The van der Waals surface area contributed by atoms with E-state index in [4.69, 9.17) is 21.7 Å². The van der Waals surface area contributed by atoms with E-state index in [1.54, 1.807) is 4.90 Å². The average molecular weight is 400 g/mol. The molecular formula is C21H21NO3S2. The van der Waals surface area contributed by atoms with Gasteiger partial charge in [0.05, 0.1) is 24.7 Å². The zero-order chi connectivity index (χ0) is 19.2. The molecule has 1 aliphatic heterocycles. The second-order valence-corrected chi connectivity index (χ2v) is 7.50. The molecule has 0 aliphatic carbocycles. The van der Waals surface area contributed by atoms with Crippen molar-refractivity contribution >= 4 is 40.3 Å². The van der Waals surface area contributed by atoms with Crippen LogP contribution in [0.25, 0.3) is 6.08 Å². The fraction of sp³-hybridized carbons (Fsp3) is 0.238. The molecule has 0 unspecified atom stereocenters. The topological polar surface area (TPSA) is 38.8 Å². The van der Waals surface area contributed by atoms with Crippen LogP contribution in [-0.4, -0.2) is 28.3 Å². The number of ether oxygens (including phenoxy) is 2. The minimum atomic E-state index is -0.0688. The Morgan fingerprint density at radius 1 is 1.04 bits per heavy atom. The van der Waals surface area contributed by atoms with Crippen molar-refractivity contribution in [1.29, 1.82) is 0 Å². The van der Waals surface area contributed by atoms with E-state index in [-0.39, 0.29) is 5.91 Å². The molecule has 1 saturated heterocycles. The third kappa shape index (κ3) is 4.70.